The Kier molecular flexibility index (Phi) is 7.21. The topological polar surface area (TPSA) is 71.9 Å². The second-order valence-corrected chi connectivity index (χ2v) is 10.7. The fraction of sp³-hybridized carbons (Fsp3) is 0.240. The lowest BCUT2D eigenvalue weighted by molar-refractivity contribution is -0.139. The summed E-state index contributed by atoms with van der Waals surface area (Å²) < 4.78 is 22.4. The van der Waals surface area contributed by atoms with E-state index in [4.69, 9.17) is 16.3 Å². The van der Waals surface area contributed by atoms with Crippen LogP contribution in [0.3, 0.4) is 0 Å². The van der Waals surface area contributed by atoms with Crippen LogP contribution in [0.4, 0.5) is 9.18 Å². The predicted octanol–water partition coefficient (Wildman–Crippen LogP) is 5.14. The summed E-state index contributed by atoms with van der Waals surface area (Å²) in [6, 6.07) is 10.2. The molecule has 2 saturated heterocycles. The van der Waals surface area contributed by atoms with Crippen LogP contribution >= 0.6 is 39.3 Å². The monoisotopic (exact) mass is 591 g/mol. The lowest BCUT2D eigenvalue weighted by Crippen LogP contribution is -2.46. The highest BCUT2D eigenvalue weighted by molar-refractivity contribution is 9.10. The fourth-order valence-electron chi connectivity index (χ4n) is 4.22. The maximum absolute atomic E-state index is 14.5. The van der Waals surface area contributed by atoms with Gasteiger partial charge in [0.15, 0.2) is 0 Å². The van der Waals surface area contributed by atoms with E-state index in [1.54, 1.807) is 29.3 Å². The number of morpholine rings is 1. The average Bonchev–Trinajstić information content (AvgIpc) is 3.33. The molecule has 186 valence electrons. The van der Waals surface area contributed by atoms with Gasteiger partial charge in [0.25, 0.3) is 11.1 Å². The average molecular weight is 593 g/mol. The van der Waals surface area contributed by atoms with Gasteiger partial charge in [-0.2, -0.15) is 0 Å². The van der Waals surface area contributed by atoms with Crippen molar-refractivity contribution in [2.75, 3.05) is 32.8 Å². The van der Waals surface area contributed by atoms with E-state index >= 15 is 0 Å². The molecule has 11 heteroatoms. The van der Waals surface area contributed by atoms with Crippen molar-refractivity contribution in [2.45, 2.75) is 6.54 Å². The summed E-state index contributed by atoms with van der Waals surface area (Å²) in [6.07, 6.45) is 3.44. The lowest BCUT2D eigenvalue weighted by atomic mass is 10.1. The number of nitrogens with zero attached hydrogens (tertiary/aromatic N) is 3. The maximum Gasteiger partial charge on any atom is 0.294 e. The van der Waals surface area contributed by atoms with Crippen molar-refractivity contribution in [1.29, 1.82) is 0 Å². The number of thioether (sulfide) groups is 1. The molecular weight excluding hydrogens is 573 g/mol. The summed E-state index contributed by atoms with van der Waals surface area (Å²) in [5, 5.41) is 0.644. The second-order valence-electron chi connectivity index (χ2n) is 8.34. The fourth-order valence-corrected chi connectivity index (χ4v) is 5.64. The minimum atomic E-state index is -0.514. The summed E-state index contributed by atoms with van der Waals surface area (Å²) in [6.45, 7) is 1.63. The number of aromatic nitrogens is 1. The minimum Gasteiger partial charge on any atom is -0.378 e. The normalized spacial score (nSPS) is 17.6. The van der Waals surface area contributed by atoms with Crippen LogP contribution in [0.25, 0.3) is 17.0 Å². The van der Waals surface area contributed by atoms with Crippen LogP contribution < -0.4 is 0 Å². The SMILES string of the molecule is O=C(CN1C(=O)S/C(=C\c2cn(Cc3c(F)cccc3Cl)c3ccc(Br)cc23)C1=O)N1CCOCC1. The Morgan fingerprint density at radius 1 is 1.19 bits per heavy atom. The summed E-state index contributed by atoms with van der Waals surface area (Å²) in [4.78, 5) is 41.1. The number of hydrogen-bond donors (Lipinski definition) is 0. The van der Waals surface area contributed by atoms with E-state index in [-0.39, 0.29) is 23.9 Å². The molecule has 2 aromatic carbocycles. The van der Waals surface area contributed by atoms with Crippen molar-refractivity contribution in [1.82, 2.24) is 14.4 Å². The van der Waals surface area contributed by atoms with Gasteiger partial charge >= 0.3 is 0 Å². The molecule has 2 aliphatic heterocycles. The molecule has 0 bridgehead atoms. The molecule has 0 radical (unpaired) electrons. The van der Waals surface area contributed by atoms with Gasteiger partial charge in [0.05, 0.1) is 24.7 Å². The van der Waals surface area contributed by atoms with E-state index in [0.29, 0.717) is 42.5 Å². The number of amides is 3. The summed E-state index contributed by atoms with van der Waals surface area (Å²) in [5.74, 6) is -1.21. The summed E-state index contributed by atoms with van der Waals surface area (Å²) in [5.41, 5.74) is 1.85. The molecule has 36 heavy (non-hydrogen) atoms. The molecule has 3 heterocycles. The maximum atomic E-state index is 14.5. The van der Waals surface area contributed by atoms with Crippen molar-refractivity contribution in [3.63, 3.8) is 0 Å². The van der Waals surface area contributed by atoms with Gasteiger partial charge in [0, 0.05) is 50.8 Å². The number of ether oxygens (including phenoxy) is 1. The number of benzene rings is 2. The van der Waals surface area contributed by atoms with Gasteiger partial charge in [-0.15, -0.1) is 0 Å². The van der Waals surface area contributed by atoms with Crippen LogP contribution in [0.1, 0.15) is 11.1 Å². The highest BCUT2D eigenvalue weighted by Gasteiger charge is 2.37. The number of rotatable bonds is 5. The summed E-state index contributed by atoms with van der Waals surface area (Å²) in [7, 11) is 0. The molecule has 0 unspecified atom stereocenters. The van der Waals surface area contributed by atoms with Crippen molar-refractivity contribution in [3.05, 3.63) is 73.9 Å². The standard InChI is InChI=1S/C25H20BrClFN3O4S/c26-16-4-5-21-17(11-16)15(12-30(21)13-18-19(27)2-1-3-20(18)28)10-22-24(33)31(25(34)36-22)14-23(32)29-6-8-35-9-7-29/h1-5,10-12H,6-9,13-14H2/b22-10-. The lowest BCUT2D eigenvalue weighted by Gasteiger charge is -2.28. The summed E-state index contributed by atoms with van der Waals surface area (Å²) >= 11 is 10.5. The molecule has 2 fully saturated rings. The van der Waals surface area contributed by atoms with Crippen molar-refractivity contribution >= 4 is 73.3 Å². The van der Waals surface area contributed by atoms with Gasteiger partial charge < -0.3 is 14.2 Å². The number of hydrogen-bond acceptors (Lipinski definition) is 5. The highest BCUT2D eigenvalue weighted by Crippen LogP contribution is 2.35. The zero-order valence-electron chi connectivity index (χ0n) is 18.9. The first-order valence-electron chi connectivity index (χ1n) is 11.1. The molecule has 7 nitrogen and oxygen atoms in total. The van der Waals surface area contributed by atoms with Gasteiger partial charge in [0.2, 0.25) is 5.91 Å². The highest BCUT2D eigenvalue weighted by atomic mass is 79.9. The molecule has 2 aliphatic rings. The molecule has 5 rings (SSSR count). The number of carbonyl (C=O) groups excluding carboxylic acids is 3. The molecule has 0 saturated carbocycles. The molecule has 3 amide bonds. The Balaban J connectivity index is 1.45. The number of imide groups is 1. The van der Waals surface area contributed by atoms with Crippen LogP contribution in [-0.4, -0.2) is 64.3 Å². The zero-order chi connectivity index (χ0) is 25.4. The molecule has 3 aromatic rings. The van der Waals surface area contributed by atoms with Gasteiger partial charge in [0.1, 0.15) is 12.4 Å². The Bertz CT molecular complexity index is 1400. The molecule has 1 aromatic heterocycles. The Morgan fingerprint density at radius 2 is 1.97 bits per heavy atom. The Labute approximate surface area is 223 Å². The van der Waals surface area contributed by atoms with Crippen molar-refractivity contribution in [2.24, 2.45) is 0 Å². The first kappa shape index (κ1) is 25.0. The van der Waals surface area contributed by atoms with Gasteiger partial charge in [-0.3, -0.25) is 19.3 Å². The molecular formula is C25H20BrClFN3O4S. The molecule has 0 N–H and O–H groups in total. The smallest absolute Gasteiger partial charge is 0.294 e. The number of halogens is 3. The van der Waals surface area contributed by atoms with Crippen LogP contribution in [0, 0.1) is 5.82 Å². The van der Waals surface area contributed by atoms with Crippen LogP contribution in [0.15, 0.2) is 52.0 Å². The number of fused-ring (bicyclic) bond motifs is 1. The Hall–Kier alpha value is -2.66. The predicted molar refractivity (Wildman–Crippen MR) is 140 cm³/mol. The van der Waals surface area contributed by atoms with E-state index in [0.717, 1.165) is 32.0 Å². The van der Waals surface area contributed by atoms with Crippen LogP contribution in [0.2, 0.25) is 5.02 Å². The van der Waals surface area contributed by atoms with Gasteiger partial charge in [-0.1, -0.05) is 33.6 Å². The molecule has 0 spiro atoms. The van der Waals surface area contributed by atoms with Gasteiger partial charge in [-0.25, -0.2) is 4.39 Å². The van der Waals surface area contributed by atoms with E-state index in [1.807, 2.05) is 22.8 Å². The van der Waals surface area contributed by atoms with E-state index in [9.17, 15) is 18.8 Å². The van der Waals surface area contributed by atoms with Crippen molar-refractivity contribution in [3.8, 4) is 0 Å². The first-order valence-corrected chi connectivity index (χ1v) is 13.1. The van der Waals surface area contributed by atoms with Gasteiger partial charge in [-0.05, 0) is 48.2 Å². The van der Waals surface area contributed by atoms with E-state index in [2.05, 4.69) is 15.9 Å². The Morgan fingerprint density at radius 3 is 2.72 bits per heavy atom. The van der Waals surface area contributed by atoms with Crippen LogP contribution in [-0.2, 0) is 20.9 Å². The third kappa shape index (κ3) is 4.95. The molecule has 0 aliphatic carbocycles. The minimum absolute atomic E-state index is 0.188. The third-order valence-electron chi connectivity index (χ3n) is 6.08. The first-order chi connectivity index (χ1) is 17.3. The number of carbonyl (C=O) groups is 3. The second kappa shape index (κ2) is 10.4. The quantitative estimate of drug-likeness (QED) is 0.384. The van der Waals surface area contributed by atoms with E-state index < -0.39 is 17.0 Å². The molecule has 0 atom stereocenters. The zero-order valence-corrected chi connectivity index (χ0v) is 22.0. The van der Waals surface area contributed by atoms with Crippen molar-refractivity contribution < 1.29 is 23.5 Å². The van der Waals surface area contributed by atoms with Crippen LogP contribution in [0.5, 0.6) is 0 Å². The largest absolute Gasteiger partial charge is 0.378 e. The van der Waals surface area contributed by atoms with E-state index in [1.165, 1.54) is 6.07 Å². The third-order valence-corrected chi connectivity index (χ3v) is 7.84.